The second-order valence-corrected chi connectivity index (χ2v) is 7.10. The number of carbonyl (C=O) groups excluding carboxylic acids is 3. The number of carbonyl (C=O) groups is 3. The number of hydrogen-bond acceptors (Lipinski definition) is 8. The molecule has 2 heterocycles. The number of fused-ring (bicyclic) bond motifs is 1. The van der Waals surface area contributed by atoms with Crippen LogP contribution in [-0.2, 0) is 27.9 Å². The second-order valence-electron chi connectivity index (χ2n) is 6.09. The van der Waals surface area contributed by atoms with E-state index in [-0.39, 0.29) is 29.4 Å². The molecule has 0 saturated heterocycles. The molecule has 10 nitrogen and oxygen atoms in total. The van der Waals surface area contributed by atoms with Gasteiger partial charge in [-0.1, -0.05) is 11.3 Å². The Morgan fingerprint density at radius 3 is 2.67 bits per heavy atom. The van der Waals surface area contributed by atoms with Gasteiger partial charge < -0.3 is 18.8 Å². The third-order valence-corrected chi connectivity index (χ3v) is 5.17. The van der Waals surface area contributed by atoms with Gasteiger partial charge in [-0.2, -0.15) is 4.99 Å². The molecule has 11 heteroatoms. The average Bonchev–Trinajstić information content (AvgIpc) is 3.27. The number of rotatable bonds is 6. The van der Waals surface area contributed by atoms with E-state index in [2.05, 4.69) is 10.1 Å². The minimum absolute atomic E-state index is 0.147. The molecular formula is C19H20N4O6S. The van der Waals surface area contributed by atoms with Crippen LogP contribution in [0.1, 0.15) is 27.6 Å². The fourth-order valence-corrected chi connectivity index (χ4v) is 3.83. The molecule has 1 amide bonds. The van der Waals surface area contributed by atoms with Crippen molar-refractivity contribution in [1.82, 2.24) is 14.3 Å². The minimum atomic E-state index is -0.573. The van der Waals surface area contributed by atoms with E-state index in [1.54, 1.807) is 36.7 Å². The maximum atomic E-state index is 12.8. The first-order chi connectivity index (χ1) is 14.4. The van der Waals surface area contributed by atoms with E-state index in [0.717, 1.165) is 11.3 Å². The summed E-state index contributed by atoms with van der Waals surface area (Å²) in [5.74, 6) is -1.38. The number of hydrogen-bond donors (Lipinski definition) is 0. The number of benzene rings is 1. The second kappa shape index (κ2) is 8.91. The zero-order valence-electron chi connectivity index (χ0n) is 16.9. The van der Waals surface area contributed by atoms with Gasteiger partial charge in [0, 0.05) is 13.2 Å². The van der Waals surface area contributed by atoms with Crippen LogP contribution >= 0.6 is 11.3 Å². The van der Waals surface area contributed by atoms with E-state index in [4.69, 9.17) is 14.2 Å². The van der Waals surface area contributed by atoms with Crippen LogP contribution in [0.3, 0.4) is 0 Å². The van der Waals surface area contributed by atoms with Crippen molar-refractivity contribution in [3.05, 3.63) is 40.3 Å². The van der Waals surface area contributed by atoms with Crippen molar-refractivity contribution >= 4 is 39.4 Å². The first-order valence-electron chi connectivity index (χ1n) is 8.92. The molecule has 0 spiro atoms. The van der Waals surface area contributed by atoms with E-state index < -0.39 is 17.8 Å². The van der Waals surface area contributed by atoms with Gasteiger partial charge in [0.05, 0.1) is 36.6 Å². The molecular weight excluding hydrogens is 412 g/mol. The number of ether oxygens (including phenoxy) is 3. The molecule has 0 bridgehead atoms. The van der Waals surface area contributed by atoms with Gasteiger partial charge in [0.2, 0.25) is 5.88 Å². The quantitative estimate of drug-likeness (QED) is 0.543. The van der Waals surface area contributed by atoms with Crippen molar-refractivity contribution in [3.63, 3.8) is 0 Å². The largest absolute Gasteiger partial charge is 0.479 e. The smallest absolute Gasteiger partial charge is 0.338 e. The topological polar surface area (TPSA) is 114 Å². The molecule has 0 saturated carbocycles. The summed E-state index contributed by atoms with van der Waals surface area (Å²) in [7, 11) is 4.35. The van der Waals surface area contributed by atoms with Crippen LogP contribution in [0.4, 0.5) is 0 Å². The van der Waals surface area contributed by atoms with Gasteiger partial charge in [-0.05, 0) is 25.1 Å². The molecule has 0 fully saturated rings. The summed E-state index contributed by atoms with van der Waals surface area (Å²) in [6.45, 7) is 1.83. The maximum Gasteiger partial charge on any atom is 0.338 e. The molecule has 0 aliphatic heterocycles. The Kier molecular flexibility index (Phi) is 6.31. The number of amides is 1. The zero-order valence-corrected chi connectivity index (χ0v) is 17.7. The first kappa shape index (κ1) is 21.2. The molecule has 0 atom stereocenters. The van der Waals surface area contributed by atoms with Gasteiger partial charge in [-0.15, -0.1) is 5.10 Å². The number of aryl methyl sites for hydroxylation is 1. The van der Waals surface area contributed by atoms with Crippen LogP contribution in [0, 0.1) is 0 Å². The van der Waals surface area contributed by atoms with Crippen LogP contribution in [0.5, 0.6) is 5.88 Å². The predicted molar refractivity (Wildman–Crippen MR) is 107 cm³/mol. The summed E-state index contributed by atoms with van der Waals surface area (Å²) < 4.78 is 18.6. The van der Waals surface area contributed by atoms with Crippen LogP contribution < -0.4 is 9.54 Å². The van der Waals surface area contributed by atoms with Crippen LogP contribution in [0.15, 0.2) is 29.4 Å². The summed E-state index contributed by atoms with van der Waals surface area (Å²) in [5.41, 5.74) is 1.18. The van der Waals surface area contributed by atoms with Crippen LogP contribution in [-0.4, -0.2) is 53.0 Å². The number of thiazole rings is 1. The summed E-state index contributed by atoms with van der Waals surface area (Å²) in [5, 5.41) is 4.05. The molecule has 158 valence electrons. The van der Waals surface area contributed by atoms with Crippen LogP contribution in [0.2, 0.25) is 0 Å². The van der Waals surface area contributed by atoms with Crippen molar-refractivity contribution in [2.75, 3.05) is 20.8 Å². The molecule has 0 N–H and O–H groups in total. The molecule has 0 aliphatic carbocycles. The Labute approximate surface area is 175 Å². The Morgan fingerprint density at radius 2 is 2.00 bits per heavy atom. The predicted octanol–water partition coefficient (Wildman–Crippen LogP) is 1.54. The highest BCUT2D eigenvalue weighted by atomic mass is 32.1. The van der Waals surface area contributed by atoms with Gasteiger partial charge in [0.1, 0.15) is 12.1 Å². The van der Waals surface area contributed by atoms with Gasteiger partial charge >= 0.3 is 11.9 Å². The third-order valence-electron chi connectivity index (χ3n) is 4.12. The molecule has 3 rings (SSSR count). The first-order valence-corrected chi connectivity index (χ1v) is 9.73. The lowest BCUT2D eigenvalue weighted by Gasteiger charge is -2.05. The highest BCUT2D eigenvalue weighted by Gasteiger charge is 2.18. The molecule has 2 aromatic heterocycles. The van der Waals surface area contributed by atoms with Crippen molar-refractivity contribution in [2.45, 2.75) is 13.5 Å². The van der Waals surface area contributed by atoms with Crippen molar-refractivity contribution in [2.24, 2.45) is 12.0 Å². The summed E-state index contributed by atoms with van der Waals surface area (Å²) in [4.78, 5) is 41.2. The standard InChI is InChI=1S/C19H20N4O6S/c1-5-29-18(26)11-6-7-13-14(8-11)30-19(23(13)10-15(24)27-3)20-16(25)12-9-22(2)21-17(12)28-4/h6-9H,5,10H2,1-4H3. The number of nitrogens with zero attached hydrogens (tertiary/aromatic N) is 4. The van der Waals surface area contributed by atoms with Gasteiger partial charge in [-0.25, -0.2) is 4.79 Å². The average molecular weight is 432 g/mol. The van der Waals surface area contributed by atoms with Crippen molar-refractivity contribution < 1.29 is 28.6 Å². The van der Waals surface area contributed by atoms with E-state index in [9.17, 15) is 14.4 Å². The Balaban J connectivity index is 2.14. The number of aromatic nitrogens is 3. The summed E-state index contributed by atoms with van der Waals surface area (Å²) in [6, 6.07) is 4.91. The Morgan fingerprint density at radius 1 is 1.23 bits per heavy atom. The van der Waals surface area contributed by atoms with E-state index >= 15 is 0 Å². The third kappa shape index (κ3) is 4.25. The summed E-state index contributed by atoms with van der Waals surface area (Å²) >= 11 is 1.16. The SMILES string of the molecule is CCOC(=O)c1ccc2c(c1)sc(=NC(=O)c1cn(C)nc1OC)n2CC(=O)OC. The summed E-state index contributed by atoms with van der Waals surface area (Å²) in [6.07, 6.45) is 1.50. The molecule has 0 aliphatic rings. The van der Waals surface area contributed by atoms with E-state index in [1.807, 2.05) is 0 Å². The number of methoxy groups -OCH3 is 2. The molecule has 30 heavy (non-hydrogen) atoms. The zero-order chi connectivity index (χ0) is 21.8. The van der Waals surface area contributed by atoms with E-state index in [1.165, 1.54) is 25.1 Å². The molecule has 3 aromatic rings. The van der Waals surface area contributed by atoms with Crippen molar-refractivity contribution in [3.8, 4) is 5.88 Å². The lowest BCUT2D eigenvalue weighted by atomic mass is 10.2. The van der Waals surface area contributed by atoms with Gasteiger partial charge in [0.25, 0.3) is 5.91 Å². The normalized spacial score (nSPS) is 11.5. The molecule has 1 aromatic carbocycles. The highest BCUT2D eigenvalue weighted by Crippen LogP contribution is 2.21. The lowest BCUT2D eigenvalue weighted by Crippen LogP contribution is -2.22. The fraction of sp³-hybridized carbons (Fsp3) is 0.316. The minimum Gasteiger partial charge on any atom is -0.479 e. The fourth-order valence-electron chi connectivity index (χ4n) is 2.76. The highest BCUT2D eigenvalue weighted by molar-refractivity contribution is 7.16. The lowest BCUT2D eigenvalue weighted by molar-refractivity contribution is -0.141. The Hall–Kier alpha value is -3.47. The maximum absolute atomic E-state index is 12.8. The van der Waals surface area contributed by atoms with Gasteiger partial charge in [-0.3, -0.25) is 14.3 Å². The van der Waals surface area contributed by atoms with Gasteiger partial charge in [0.15, 0.2) is 4.80 Å². The monoisotopic (exact) mass is 432 g/mol. The van der Waals surface area contributed by atoms with E-state index in [0.29, 0.717) is 15.8 Å². The van der Waals surface area contributed by atoms with Crippen LogP contribution in [0.25, 0.3) is 10.2 Å². The van der Waals surface area contributed by atoms with Crippen molar-refractivity contribution in [1.29, 1.82) is 0 Å². The Bertz CT molecular complexity index is 1190. The molecule has 0 radical (unpaired) electrons. The molecule has 0 unspecified atom stereocenters. The number of esters is 2.